The van der Waals surface area contributed by atoms with Crippen molar-refractivity contribution in [2.24, 2.45) is 0 Å². The summed E-state index contributed by atoms with van der Waals surface area (Å²) in [5.41, 5.74) is 8.01. The van der Waals surface area contributed by atoms with Crippen LogP contribution in [0.15, 0.2) is 97.1 Å². The van der Waals surface area contributed by atoms with Gasteiger partial charge in [0.2, 0.25) is 0 Å². The van der Waals surface area contributed by atoms with Gasteiger partial charge in [0, 0.05) is 0 Å². The Morgan fingerprint density at radius 2 is 0.833 bits per heavy atom. The Morgan fingerprint density at radius 1 is 0.467 bits per heavy atom. The van der Waals surface area contributed by atoms with Crippen molar-refractivity contribution in [3.63, 3.8) is 0 Å². The summed E-state index contributed by atoms with van der Waals surface area (Å²) in [5.74, 6) is 0. The summed E-state index contributed by atoms with van der Waals surface area (Å²) in [7, 11) is 0. The van der Waals surface area contributed by atoms with Gasteiger partial charge in [-0.05, 0) is 58.4 Å². The molecule has 0 spiro atoms. The zero-order chi connectivity index (χ0) is 20.8. The Balaban J connectivity index is 1.44. The third-order valence-electron chi connectivity index (χ3n) is 5.33. The lowest BCUT2D eigenvalue weighted by Crippen LogP contribution is -1.92. The normalized spacial score (nSPS) is 10.2. The van der Waals surface area contributed by atoms with Crippen LogP contribution in [-0.4, -0.2) is 0 Å². The molecule has 0 atom stereocenters. The molecule has 0 unspecified atom stereocenters. The van der Waals surface area contributed by atoms with Crippen molar-refractivity contribution in [3.05, 3.63) is 119 Å². The van der Waals surface area contributed by atoms with Crippen molar-refractivity contribution in [1.82, 2.24) is 0 Å². The van der Waals surface area contributed by atoms with E-state index in [1.54, 1.807) is 0 Å². The zero-order valence-electron chi connectivity index (χ0n) is 16.5. The maximum atomic E-state index is 9.30. The molecule has 0 radical (unpaired) electrons. The van der Waals surface area contributed by atoms with Crippen molar-refractivity contribution in [2.75, 3.05) is 0 Å². The molecule has 0 N–H and O–H groups in total. The highest BCUT2D eigenvalue weighted by molar-refractivity contribution is 5.71. The minimum absolute atomic E-state index is 0.698. The first-order valence-corrected chi connectivity index (χ1v) is 9.95. The number of nitriles is 2. The van der Waals surface area contributed by atoms with Crippen molar-refractivity contribution in [3.8, 4) is 34.4 Å². The van der Waals surface area contributed by atoms with Crippen LogP contribution in [0.25, 0.3) is 22.3 Å². The number of nitrogens with zero attached hydrogens (tertiary/aromatic N) is 2. The predicted molar refractivity (Wildman–Crippen MR) is 121 cm³/mol. The topological polar surface area (TPSA) is 47.6 Å². The number of benzene rings is 4. The van der Waals surface area contributed by atoms with E-state index < -0.39 is 0 Å². The smallest absolute Gasteiger partial charge is 0.0998 e. The van der Waals surface area contributed by atoms with Gasteiger partial charge in [0.1, 0.15) is 0 Å². The lowest BCUT2D eigenvalue weighted by atomic mass is 9.96. The first-order chi connectivity index (χ1) is 14.8. The van der Waals surface area contributed by atoms with E-state index in [-0.39, 0.29) is 0 Å². The molecular formula is C28H20N2. The lowest BCUT2D eigenvalue weighted by Gasteiger charge is -2.08. The molecule has 142 valence electrons. The van der Waals surface area contributed by atoms with Gasteiger partial charge in [-0.2, -0.15) is 10.5 Å². The Morgan fingerprint density at radius 3 is 1.20 bits per heavy atom. The molecule has 4 rings (SSSR count). The molecule has 0 fully saturated rings. The van der Waals surface area contributed by atoms with E-state index in [0.717, 1.165) is 35.1 Å². The Hall–Kier alpha value is -4.14. The van der Waals surface area contributed by atoms with Crippen LogP contribution >= 0.6 is 0 Å². The molecule has 0 amide bonds. The summed E-state index contributed by atoms with van der Waals surface area (Å²) >= 11 is 0. The summed E-state index contributed by atoms with van der Waals surface area (Å²) < 4.78 is 0. The van der Waals surface area contributed by atoms with Crippen LogP contribution in [0.3, 0.4) is 0 Å². The van der Waals surface area contributed by atoms with Crippen LogP contribution in [0.2, 0.25) is 0 Å². The molecule has 0 heterocycles. The summed E-state index contributed by atoms with van der Waals surface area (Å²) in [6.07, 6.45) is 1.91. The van der Waals surface area contributed by atoms with Crippen molar-refractivity contribution >= 4 is 0 Å². The largest absolute Gasteiger partial charge is 0.192 e. The lowest BCUT2D eigenvalue weighted by molar-refractivity contribution is 0.961. The predicted octanol–water partition coefficient (Wildman–Crippen LogP) is 6.55. The quantitative estimate of drug-likeness (QED) is 0.392. The van der Waals surface area contributed by atoms with Crippen LogP contribution < -0.4 is 0 Å². The van der Waals surface area contributed by atoms with Gasteiger partial charge in [-0.1, -0.05) is 84.9 Å². The number of hydrogen-bond donors (Lipinski definition) is 0. The molecule has 0 aromatic heterocycles. The summed E-state index contributed by atoms with van der Waals surface area (Å²) in [6, 6.07) is 36.8. The van der Waals surface area contributed by atoms with Gasteiger partial charge >= 0.3 is 0 Å². The SMILES string of the molecule is N#Cc1ccccc1-c1ccc(CCc2ccc(-c3ccccc3C#N)cc2)cc1. The Bertz CT molecular complexity index is 1140. The van der Waals surface area contributed by atoms with Crippen LogP contribution in [0.5, 0.6) is 0 Å². The molecule has 0 aliphatic carbocycles. The zero-order valence-corrected chi connectivity index (χ0v) is 16.5. The molecule has 2 heteroatoms. The van der Waals surface area contributed by atoms with E-state index in [1.807, 2.05) is 48.5 Å². The molecule has 0 aliphatic heterocycles. The molecule has 0 bridgehead atoms. The molecule has 2 nitrogen and oxygen atoms in total. The van der Waals surface area contributed by atoms with Gasteiger partial charge in [-0.25, -0.2) is 0 Å². The minimum atomic E-state index is 0.698. The van der Waals surface area contributed by atoms with E-state index >= 15 is 0 Å². The summed E-state index contributed by atoms with van der Waals surface area (Å²) in [5, 5.41) is 18.6. The average molecular weight is 384 g/mol. The van der Waals surface area contributed by atoms with Gasteiger partial charge in [0.15, 0.2) is 0 Å². The van der Waals surface area contributed by atoms with Crippen LogP contribution in [0.1, 0.15) is 22.3 Å². The highest BCUT2D eigenvalue weighted by atomic mass is 14.2. The molecule has 0 aliphatic rings. The minimum Gasteiger partial charge on any atom is -0.192 e. The fourth-order valence-corrected chi connectivity index (χ4v) is 3.66. The first-order valence-electron chi connectivity index (χ1n) is 9.95. The van der Waals surface area contributed by atoms with Crippen LogP contribution in [-0.2, 0) is 12.8 Å². The second kappa shape index (κ2) is 8.91. The standard InChI is InChI=1S/C28H20N2/c29-19-25-5-1-3-7-27(25)23-15-11-21(12-16-23)9-10-22-13-17-24(18-14-22)28-8-4-2-6-26(28)20-30/h1-8,11-18H,9-10H2. The maximum Gasteiger partial charge on any atom is 0.0998 e. The highest BCUT2D eigenvalue weighted by Gasteiger charge is 2.06. The van der Waals surface area contributed by atoms with Crippen molar-refractivity contribution in [1.29, 1.82) is 10.5 Å². The van der Waals surface area contributed by atoms with Crippen LogP contribution in [0.4, 0.5) is 0 Å². The van der Waals surface area contributed by atoms with Crippen LogP contribution in [0, 0.1) is 22.7 Å². The summed E-state index contributed by atoms with van der Waals surface area (Å²) in [6.45, 7) is 0. The molecule has 0 saturated carbocycles. The van der Waals surface area contributed by atoms with E-state index in [0.29, 0.717) is 11.1 Å². The van der Waals surface area contributed by atoms with E-state index in [9.17, 15) is 10.5 Å². The van der Waals surface area contributed by atoms with Crippen molar-refractivity contribution < 1.29 is 0 Å². The Kier molecular flexibility index (Phi) is 5.70. The molecule has 30 heavy (non-hydrogen) atoms. The number of hydrogen-bond acceptors (Lipinski definition) is 2. The fourth-order valence-electron chi connectivity index (χ4n) is 3.66. The second-order valence-corrected chi connectivity index (χ2v) is 7.21. The van der Waals surface area contributed by atoms with E-state index in [1.165, 1.54) is 11.1 Å². The highest BCUT2D eigenvalue weighted by Crippen LogP contribution is 2.25. The second-order valence-electron chi connectivity index (χ2n) is 7.21. The van der Waals surface area contributed by atoms with E-state index in [2.05, 4.69) is 60.7 Å². The summed E-state index contributed by atoms with van der Waals surface area (Å²) in [4.78, 5) is 0. The van der Waals surface area contributed by atoms with Gasteiger partial charge in [0.25, 0.3) is 0 Å². The Labute approximate surface area is 177 Å². The number of rotatable bonds is 5. The monoisotopic (exact) mass is 384 g/mol. The maximum absolute atomic E-state index is 9.30. The molecule has 4 aromatic carbocycles. The van der Waals surface area contributed by atoms with Gasteiger partial charge in [0.05, 0.1) is 23.3 Å². The van der Waals surface area contributed by atoms with Gasteiger partial charge < -0.3 is 0 Å². The third kappa shape index (κ3) is 4.14. The van der Waals surface area contributed by atoms with Gasteiger partial charge in [-0.15, -0.1) is 0 Å². The average Bonchev–Trinajstić information content (AvgIpc) is 2.83. The molecular weight excluding hydrogens is 364 g/mol. The van der Waals surface area contributed by atoms with Gasteiger partial charge in [-0.3, -0.25) is 0 Å². The third-order valence-corrected chi connectivity index (χ3v) is 5.33. The first kappa shape index (κ1) is 19.2. The van der Waals surface area contributed by atoms with E-state index in [4.69, 9.17) is 0 Å². The molecule has 0 saturated heterocycles. The van der Waals surface area contributed by atoms with Crippen molar-refractivity contribution in [2.45, 2.75) is 12.8 Å². The number of aryl methyl sites for hydroxylation is 2. The fraction of sp³-hybridized carbons (Fsp3) is 0.0714. The molecule has 4 aromatic rings.